The van der Waals surface area contributed by atoms with E-state index in [0.29, 0.717) is 6.42 Å². The van der Waals surface area contributed by atoms with Crippen molar-refractivity contribution in [3.63, 3.8) is 0 Å². The molecule has 0 saturated heterocycles. The van der Waals surface area contributed by atoms with Crippen LogP contribution in [0.3, 0.4) is 0 Å². The van der Waals surface area contributed by atoms with Gasteiger partial charge in [-0.05, 0) is 29.2 Å². The Morgan fingerprint density at radius 1 is 0.882 bits per heavy atom. The highest BCUT2D eigenvalue weighted by molar-refractivity contribution is 5.67. The molecule has 0 aliphatic heterocycles. The summed E-state index contributed by atoms with van der Waals surface area (Å²) in [6, 6.07) is 18.7. The van der Waals surface area contributed by atoms with Gasteiger partial charge in [-0.3, -0.25) is 0 Å². The number of hydrogen-bond donors (Lipinski definition) is 1. The highest BCUT2D eigenvalue weighted by atomic mass is 16.2. The SMILES string of the molecule is OCCC=Cc1cccc(-c2ccccc2)c1. The second-order valence-electron chi connectivity index (χ2n) is 3.91. The van der Waals surface area contributed by atoms with Crippen molar-refractivity contribution in [2.45, 2.75) is 6.42 Å². The van der Waals surface area contributed by atoms with Crippen LogP contribution in [0.1, 0.15) is 12.0 Å². The van der Waals surface area contributed by atoms with Crippen LogP contribution in [0.5, 0.6) is 0 Å². The third-order valence-electron chi connectivity index (χ3n) is 2.60. The summed E-state index contributed by atoms with van der Waals surface area (Å²) in [7, 11) is 0. The molecule has 0 amide bonds. The predicted octanol–water partition coefficient (Wildman–Crippen LogP) is 3.75. The molecule has 2 aromatic rings. The fourth-order valence-corrected chi connectivity index (χ4v) is 1.75. The molecule has 1 N–H and O–H groups in total. The van der Waals surface area contributed by atoms with Crippen LogP contribution in [-0.2, 0) is 0 Å². The topological polar surface area (TPSA) is 20.2 Å². The molecule has 0 saturated carbocycles. The lowest BCUT2D eigenvalue weighted by atomic mass is 10.0. The molecule has 0 aromatic heterocycles. The highest BCUT2D eigenvalue weighted by Crippen LogP contribution is 2.20. The van der Waals surface area contributed by atoms with Crippen molar-refractivity contribution in [3.05, 3.63) is 66.2 Å². The summed E-state index contributed by atoms with van der Waals surface area (Å²) in [5.74, 6) is 0. The first-order chi connectivity index (χ1) is 8.40. The van der Waals surface area contributed by atoms with E-state index in [0.717, 1.165) is 0 Å². The van der Waals surface area contributed by atoms with Gasteiger partial charge in [0.1, 0.15) is 0 Å². The normalized spacial score (nSPS) is 10.9. The molecule has 0 aliphatic carbocycles. The van der Waals surface area contributed by atoms with Gasteiger partial charge >= 0.3 is 0 Å². The van der Waals surface area contributed by atoms with Crippen LogP contribution < -0.4 is 0 Å². The van der Waals surface area contributed by atoms with Crippen LogP contribution in [0.2, 0.25) is 0 Å². The Bertz CT molecular complexity index is 486. The summed E-state index contributed by atoms with van der Waals surface area (Å²) < 4.78 is 0. The van der Waals surface area contributed by atoms with E-state index >= 15 is 0 Å². The monoisotopic (exact) mass is 224 g/mol. The zero-order valence-corrected chi connectivity index (χ0v) is 9.71. The maximum atomic E-state index is 8.73. The quantitative estimate of drug-likeness (QED) is 0.838. The molecule has 86 valence electrons. The summed E-state index contributed by atoms with van der Waals surface area (Å²) in [5.41, 5.74) is 3.61. The zero-order chi connectivity index (χ0) is 11.9. The summed E-state index contributed by atoms with van der Waals surface area (Å²) in [4.78, 5) is 0. The van der Waals surface area contributed by atoms with Crippen LogP contribution in [-0.4, -0.2) is 11.7 Å². The third kappa shape index (κ3) is 3.30. The molecule has 0 radical (unpaired) electrons. The Labute approximate surface area is 102 Å². The fraction of sp³-hybridized carbons (Fsp3) is 0.125. The molecular weight excluding hydrogens is 208 g/mol. The average molecular weight is 224 g/mol. The van der Waals surface area contributed by atoms with Crippen LogP contribution in [0.15, 0.2) is 60.7 Å². The van der Waals surface area contributed by atoms with E-state index in [2.05, 4.69) is 36.4 Å². The number of aliphatic hydroxyl groups excluding tert-OH is 1. The van der Waals surface area contributed by atoms with Gasteiger partial charge in [-0.15, -0.1) is 0 Å². The van der Waals surface area contributed by atoms with Crippen molar-refractivity contribution >= 4 is 6.08 Å². The van der Waals surface area contributed by atoms with E-state index in [9.17, 15) is 0 Å². The van der Waals surface area contributed by atoms with Crippen molar-refractivity contribution in [1.82, 2.24) is 0 Å². The van der Waals surface area contributed by atoms with Crippen molar-refractivity contribution in [3.8, 4) is 11.1 Å². The summed E-state index contributed by atoms with van der Waals surface area (Å²) in [5, 5.41) is 8.73. The smallest absolute Gasteiger partial charge is 0.0465 e. The lowest BCUT2D eigenvalue weighted by molar-refractivity contribution is 0.303. The minimum atomic E-state index is 0.203. The van der Waals surface area contributed by atoms with Crippen molar-refractivity contribution in [2.24, 2.45) is 0 Å². The molecule has 0 unspecified atom stereocenters. The maximum Gasteiger partial charge on any atom is 0.0465 e. The summed E-state index contributed by atoms with van der Waals surface area (Å²) in [6.45, 7) is 0.203. The van der Waals surface area contributed by atoms with E-state index < -0.39 is 0 Å². The minimum absolute atomic E-state index is 0.203. The fourth-order valence-electron chi connectivity index (χ4n) is 1.75. The second-order valence-corrected chi connectivity index (χ2v) is 3.91. The van der Waals surface area contributed by atoms with E-state index in [1.54, 1.807) is 0 Å². The molecular formula is C16H16O. The molecule has 0 atom stereocenters. The Balaban J connectivity index is 2.23. The molecule has 0 spiro atoms. The highest BCUT2D eigenvalue weighted by Gasteiger charge is 1.96. The van der Waals surface area contributed by atoms with E-state index in [1.165, 1.54) is 16.7 Å². The molecule has 2 aromatic carbocycles. The van der Waals surface area contributed by atoms with Gasteiger partial charge in [0.25, 0.3) is 0 Å². The van der Waals surface area contributed by atoms with Gasteiger partial charge in [0.05, 0.1) is 0 Å². The van der Waals surface area contributed by atoms with Gasteiger partial charge in [0, 0.05) is 6.61 Å². The van der Waals surface area contributed by atoms with Crippen LogP contribution in [0.25, 0.3) is 17.2 Å². The minimum Gasteiger partial charge on any atom is -0.396 e. The van der Waals surface area contributed by atoms with Gasteiger partial charge in [-0.25, -0.2) is 0 Å². The zero-order valence-electron chi connectivity index (χ0n) is 9.71. The molecule has 1 nitrogen and oxygen atoms in total. The second kappa shape index (κ2) is 6.02. The molecule has 0 fully saturated rings. The summed E-state index contributed by atoms with van der Waals surface area (Å²) >= 11 is 0. The molecule has 17 heavy (non-hydrogen) atoms. The summed E-state index contributed by atoms with van der Waals surface area (Å²) in [6.07, 6.45) is 4.74. The van der Waals surface area contributed by atoms with Crippen LogP contribution >= 0.6 is 0 Å². The largest absolute Gasteiger partial charge is 0.396 e. The predicted molar refractivity (Wildman–Crippen MR) is 72.6 cm³/mol. The van der Waals surface area contributed by atoms with Crippen molar-refractivity contribution in [1.29, 1.82) is 0 Å². The molecule has 1 heteroatoms. The van der Waals surface area contributed by atoms with Gasteiger partial charge in [0.2, 0.25) is 0 Å². The number of benzene rings is 2. The van der Waals surface area contributed by atoms with E-state index in [4.69, 9.17) is 5.11 Å². The van der Waals surface area contributed by atoms with Gasteiger partial charge in [-0.2, -0.15) is 0 Å². The molecule has 0 bridgehead atoms. The Kier molecular flexibility index (Phi) is 4.11. The van der Waals surface area contributed by atoms with Gasteiger partial charge in [-0.1, -0.05) is 60.7 Å². The molecule has 0 heterocycles. The first-order valence-corrected chi connectivity index (χ1v) is 5.83. The Morgan fingerprint density at radius 2 is 1.65 bits per heavy atom. The van der Waals surface area contributed by atoms with Crippen molar-refractivity contribution < 1.29 is 5.11 Å². The Hall–Kier alpha value is -1.86. The van der Waals surface area contributed by atoms with E-state index in [1.807, 2.05) is 30.4 Å². The van der Waals surface area contributed by atoms with Gasteiger partial charge in [0.15, 0.2) is 0 Å². The Morgan fingerprint density at radius 3 is 2.41 bits per heavy atom. The lowest BCUT2D eigenvalue weighted by Crippen LogP contribution is -1.79. The lowest BCUT2D eigenvalue weighted by Gasteiger charge is -2.02. The number of hydrogen-bond acceptors (Lipinski definition) is 1. The first kappa shape index (κ1) is 11.6. The molecule has 2 rings (SSSR count). The standard InChI is InChI=1S/C16H16O/c17-12-5-4-7-14-8-6-11-16(13-14)15-9-2-1-3-10-15/h1-4,6-11,13,17H,5,12H2. The number of aliphatic hydroxyl groups is 1. The van der Waals surface area contributed by atoms with Gasteiger partial charge < -0.3 is 5.11 Å². The average Bonchev–Trinajstić information content (AvgIpc) is 2.41. The van der Waals surface area contributed by atoms with E-state index in [-0.39, 0.29) is 6.61 Å². The molecule has 0 aliphatic rings. The number of rotatable bonds is 4. The first-order valence-electron chi connectivity index (χ1n) is 5.83. The van der Waals surface area contributed by atoms with Crippen molar-refractivity contribution in [2.75, 3.05) is 6.61 Å². The maximum absolute atomic E-state index is 8.73. The van der Waals surface area contributed by atoms with Crippen LogP contribution in [0, 0.1) is 0 Å². The third-order valence-corrected chi connectivity index (χ3v) is 2.60. The van der Waals surface area contributed by atoms with Crippen LogP contribution in [0.4, 0.5) is 0 Å².